The van der Waals surface area contributed by atoms with Crippen LogP contribution < -0.4 is 9.47 Å². The summed E-state index contributed by atoms with van der Waals surface area (Å²) in [5.41, 5.74) is 3.89. The summed E-state index contributed by atoms with van der Waals surface area (Å²) in [6.45, 7) is 0. The highest BCUT2D eigenvalue weighted by molar-refractivity contribution is 6.18. The van der Waals surface area contributed by atoms with Crippen LogP contribution in [0.2, 0.25) is 0 Å². The lowest BCUT2D eigenvalue weighted by Crippen LogP contribution is -2.17. The number of nitriles is 8. The van der Waals surface area contributed by atoms with Gasteiger partial charge in [-0.15, -0.1) is 26.3 Å². The summed E-state index contributed by atoms with van der Waals surface area (Å²) >= 11 is 0. The number of hydrogen-bond acceptors (Lipinski definition) is 10. The van der Waals surface area contributed by atoms with Crippen molar-refractivity contribution >= 4 is 22.3 Å². The molecule has 7 aromatic rings. The van der Waals surface area contributed by atoms with E-state index in [-0.39, 0.29) is 94.6 Å². The van der Waals surface area contributed by atoms with E-state index < -0.39 is 36.1 Å². The first-order chi connectivity index (χ1) is 35.5. The molecular weight excluding hydrogens is 955 g/mol. The number of halogens is 6. The Morgan fingerprint density at radius 3 is 0.905 bits per heavy atom. The second-order valence-electron chi connectivity index (χ2n) is 16.7. The highest BCUT2D eigenvalue weighted by Gasteiger charge is 2.46. The van der Waals surface area contributed by atoms with Crippen LogP contribution in [0.25, 0.3) is 44.5 Å². The zero-order chi connectivity index (χ0) is 52.6. The number of benzene rings is 7. The molecule has 74 heavy (non-hydrogen) atoms. The summed E-state index contributed by atoms with van der Waals surface area (Å²) in [6.07, 6.45) is -10.1. The minimum atomic E-state index is -5.07. The van der Waals surface area contributed by atoms with E-state index in [0.717, 1.165) is 24.3 Å². The SMILES string of the molecule is N#CC1=C(c2ccc(OC(F)(F)F)cc2)C(c2cc(C#N)cc(C#N)c2)c2c1c(-c1ccc(C#N)cc1)c1c(c2-c2ccc(C#N)cc2)C(c2cc(C#N)cc(C#N)c2)C(c2ccc(OC(F)(F)F)cc2)=C1C#N. The van der Waals surface area contributed by atoms with Gasteiger partial charge in [0.25, 0.3) is 0 Å². The predicted octanol–water partition coefficient (Wildman–Crippen LogP) is 13.2. The molecule has 0 bridgehead atoms. The molecule has 0 aromatic heterocycles. The van der Waals surface area contributed by atoms with Crippen molar-refractivity contribution in [3.63, 3.8) is 0 Å². The number of alkyl halides is 6. The Morgan fingerprint density at radius 2 is 0.622 bits per heavy atom. The molecule has 2 aliphatic carbocycles. The molecule has 0 saturated heterocycles. The number of hydrogen-bond donors (Lipinski definition) is 0. The van der Waals surface area contributed by atoms with Crippen molar-refractivity contribution in [1.29, 1.82) is 42.1 Å². The summed E-state index contributed by atoms with van der Waals surface area (Å²) in [6, 6.07) is 47.7. The Kier molecular flexibility index (Phi) is 12.2. The Labute approximate surface area is 417 Å². The van der Waals surface area contributed by atoms with Gasteiger partial charge in [-0.25, -0.2) is 0 Å². The molecule has 2 unspecified atom stereocenters. The van der Waals surface area contributed by atoms with Crippen LogP contribution in [-0.2, 0) is 0 Å². The topological polar surface area (TPSA) is 209 Å². The standard InChI is InChI=1S/C58H24F6N8O2/c59-57(60,61)73-43-13-9-37(10-14-43)47-45(29-71)53-49(39-5-1-31(23-65)2-6-39)54-46(30-72)48(38-11-15-44(16-12-38)74-58(62,63)64)52(42-21-35(27-69)18-36(22-42)28-70)56(54)50(40-7-3-32(24-66)4-8-40)55(53)51(47)41-19-33(25-67)17-34(20-41)26-68/h1-22,51-52H. The maximum absolute atomic E-state index is 13.5. The molecule has 0 heterocycles. The monoisotopic (exact) mass is 978 g/mol. The van der Waals surface area contributed by atoms with Crippen LogP contribution in [0.5, 0.6) is 11.5 Å². The van der Waals surface area contributed by atoms with Gasteiger partial charge in [0.15, 0.2) is 0 Å². The number of rotatable bonds is 8. The van der Waals surface area contributed by atoms with E-state index in [1.54, 1.807) is 24.3 Å². The molecule has 0 radical (unpaired) electrons. The highest BCUT2D eigenvalue weighted by Crippen LogP contribution is 2.64. The molecule has 9 rings (SSSR count). The number of ether oxygens (including phenoxy) is 2. The van der Waals surface area contributed by atoms with Crippen molar-refractivity contribution in [1.82, 2.24) is 0 Å². The Balaban J connectivity index is 1.55. The van der Waals surface area contributed by atoms with Gasteiger partial charge >= 0.3 is 12.7 Å². The fourth-order valence-electron chi connectivity index (χ4n) is 9.84. The highest BCUT2D eigenvalue weighted by atomic mass is 19.4. The molecule has 0 N–H and O–H groups in total. The normalized spacial score (nSPS) is 14.4. The van der Waals surface area contributed by atoms with Crippen LogP contribution >= 0.6 is 0 Å². The van der Waals surface area contributed by atoms with E-state index in [9.17, 15) is 68.4 Å². The van der Waals surface area contributed by atoms with E-state index in [0.29, 0.717) is 27.8 Å². The van der Waals surface area contributed by atoms with Gasteiger partial charge in [0.2, 0.25) is 0 Å². The van der Waals surface area contributed by atoms with Crippen LogP contribution in [0.3, 0.4) is 0 Å². The third-order valence-corrected chi connectivity index (χ3v) is 12.5. The maximum atomic E-state index is 13.5. The van der Waals surface area contributed by atoms with Crippen molar-refractivity contribution in [3.8, 4) is 82.3 Å². The molecule has 2 aliphatic rings. The minimum absolute atomic E-state index is 0.0246. The number of allylic oxidation sites excluding steroid dienone is 4. The fraction of sp³-hybridized carbons (Fsp3) is 0.0690. The first kappa shape index (κ1) is 48.2. The van der Waals surface area contributed by atoms with Gasteiger partial charge < -0.3 is 9.47 Å². The summed E-state index contributed by atoms with van der Waals surface area (Å²) in [4.78, 5) is 0. The quantitative estimate of drug-likeness (QED) is 0.132. The fourth-order valence-corrected chi connectivity index (χ4v) is 9.84. The van der Waals surface area contributed by atoms with E-state index in [1.807, 2.05) is 0 Å². The predicted molar refractivity (Wildman–Crippen MR) is 253 cm³/mol. The van der Waals surface area contributed by atoms with Crippen molar-refractivity contribution < 1.29 is 35.8 Å². The van der Waals surface area contributed by atoms with E-state index >= 15 is 0 Å². The van der Waals surface area contributed by atoms with Crippen LogP contribution in [-0.4, -0.2) is 12.7 Å². The average Bonchev–Trinajstić information content (AvgIpc) is 3.93. The summed E-state index contributed by atoms with van der Waals surface area (Å²) in [5, 5.41) is 84.7. The summed E-state index contributed by atoms with van der Waals surface area (Å²) < 4.78 is 89.6. The van der Waals surface area contributed by atoms with Gasteiger partial charge in [0.1, 0.15) is 23.6 Å². The number of nitrogens with zero attached hydrogens (tertiary/aromatic N) is 8. The average molecular weight is 979 g/mol. The lowest BCUT2D eigenvalue weighted by atomic mass is 9.73. The van der Waals surface area contributed by atoms with E-state index in [4.69, 9.17) is 0 Å². The zero-order valence-corrected chi connectivity index (χ0v) is 37.5. The number of fused-ring (bicyclic) bond motifs is 2. The largest absolute Gasteiger partial charge is 0.573 e. The smallest absolute Gasteiger partial charge is 0.406 e. The lowest BCUT2D eigenvalue weighted by molar-refractivity contribution is -0.275. The lowest BCUT2D eigenvalue weighted by Gasteiger charge is -2.28. The zero-order valence-electron chi connectivity index (χ0n) is 37.5. The first-order valence-electron chi connectivity index (χ1n) is 21.7. The van der Waals surface area contributed by atoms with Crippen LogP contribution in [0, 0.1) is 90.6 Å². The molecule has 0 aliphatic heterocycles. The maximum Gasteiger partial charge on any atom is 0.573 e. The molecule has 10 nitrogen and oxygen atoms in total. The third-order valence-electron chi connectivity index (χ3n) is 12.5. The van der Waals surface area contributed by atoms with E-state index in [2.05, 4.69) is 58.0 Å². The molecular formula is C58H24F6N8O2. The van der Waals surface area contributed by atoms with Gasteiger partial charge in [-0.2, -0.15) is 42.1 Å². The second-order valence-corrected chi connectivity index (χ2v) is 16.7. The molecule has 0 amide bonds. The van der Waals surface area contributed by atoms with Crippen LogP contribution in [0.4, 0.5) is 26.3 Å². The Hall–Kier alpha value is -10.9. The Bertz CT molecular complexity index is 3690. The van der Waals surface area contributed by atoms with Gasteiger partial charge in [0, 0.05) is 23.0 Å². The third kappa shape index (κ3) is 8.73. The van der Waals surface area contributed by atoms with Crippen LogP contribution in [0.15, 0.2) is 133 Å². The molecule has 0 spiro atoms. The summed E-state index contributed by atoms with van der Waals surface area (Å²) in [7, 11) is 0. The van der Waals surface area contributed by atoms with Crippen LogP contribution in [0.1, 0.15) is 89.7 Å². The second kappa shape index (κ2) is 18.8. The molecule has 0 fully saturated rings. The minimum Gasteiger partial charge on any atom is -0.406 e. The molecule has 0 saturated carbocycles. The van der Waals surface area contributed by atoms with E-state index in [1.165, 1.54) is 84.9 Å². The Morgan fingerprint density at radius 1 is 0.324 bits per heavy atom. The van der Waals surface area contributed by atoms with Crippen molar-refractivity contribution in [3.05, 3.63) is 211 Å². The van der Waals surface area contributed by atoms with Crippen molar-refractivity contribution in [2.24, 2.45) is 0 Å². The van der Waals surface area contributed by atoms with Gasteiger partial charge in [-0.05, 0) is 152 Å². The molecule has 16 heteroatoms. The van der Waals surface area contributed by atoms with Gasteiger partial charge in [-0.3, -0.25) is 0 Å². The van der Waals surface area contributed by atoms with Gasteiger partial charge in [-0.1, -0.05) is 48.5 Å². The molecule has 7 aromatic carbocycles. The first-order valence-corrected chi connectivity index (χ1v) is 21.7. The molecule has 2 atom stereocenters. The molecule has 350 valence electrons. The van der Waals surface area contributed by atoms with Crippen molar-refractivity contribution in [2.75, 3.05) is 0 Å². The summed E-state index contributed by atoms with van der Waals surface area (Å²) in [5.74, 6) is -3.57. The van der Waals surface area contributed by atoms with Gasteiger partial charge in [0.05, 0.1) is 80.9 Å². The van der Waals surface area contributed by atoms with Crippen molar-refractivity contribution in [2.45, 2.75) is 24.6 Å².